The van der Waals surface area contributed by atoms with Crippen LogP contribution in [0.3, 0.4) is 0 Å². The number of alkyl halides is 1. The van der Waals surface area contributed by atoms with E-state index < -0.39 is 25.0 Å². The van der Waals surface area contributed by atoms with Crippen molar-refractivity contribution in [2.75, 3.05) is 13.3 Å². The van der Waals surface area contributed by atoms with E-state index in [9.17, 15) is 14.0 Å². The highest BCUT2D eigenvalue weighted by Gasteiger charge is 2.06. The molecule has 0 spiro atoms. The fraction of sp³-hybridized carbons (Fsp3) is 0.667. The Morgan fingerprint density at radius 1 is 1.47 bits per heavy atom. The van der Waals surface area contributed by atoms with Gasteiger partial charge in [-0.25, -0.2) is 9.18 Å². The Morgan fingerprint density at radius 3 is 2.67 bits per heavy atom. The standard InChI is InChI=1S/C9H15FNO4/c1-3-4-8(12)14-6-15-9(13)11-5-7(2)10/h7H,2-6H2,1H3,(H,11,13)/t7-/m1/s1. The molecule has 1 amide bonds. The lowest BCUT2D eigenvalue weighted by Crippen LogP contribution is -2.30. The Kier molecular flexibility index (Phi) is 7.31. The first-order chi connectivity index (χ1) is 7.06. The number of alkyl carbamates (subject to hydrolysis) is 1. The van der Waals surface area contributed by atoms with Gasteiger partial charge in [-0.3, -0.25) is 4.79 Å². The van der Waals surface area contributed by atoms with E-state index in [0.717, 1.165) is 0 Å². The van der Waals surface area contributed by atoms with Gasteiger partial charge in [0.1, 0.15) is 6.17 Å². The number of rotatable bonds is 6. The number of halogens is 1. The lowest BCUT2D eigenvalue weighted by atomic mass is 10.3. The van der Waals surface area contributed by atoms with E-state index in [4.69, 9.17) is 0 Å². The van der Waals surface area contributed by atoms with Crippen LogP contribution in [0.2, 0.25) is 0 Å². The molecular formula is C9H15FNO4. The summed E-state index contributed by atoms with van der Waals surface area (Å²) in [5, 5.41) is 2.10. The summed E-state index contributed by atoms with van der Waals surface area (Å²) in [5.41, 5.74) is 0. The van der Waals surface area contributed by atoms with E-state index in [1.54, 1.807) is 0 Å². The number of nitrogens with one attached hydrogen (secondary N) is 1. The van der Waals surface area contributed by atoms with E-state index in [1.807, 2.05) is 6.92 Å². The van der Waals surface area contributed by atoms with Gasteiger partial charge in [-0.15, -0.1) is 0 Å². The predicted molar refractivity (Wildman–Crippen MR) is 50.6 cm³/mol. The van der Waals surface area contributed by atoms with Crippen LogP contribution in [0.4, 0.5) is 9.18 Å². The van der Waals surface area contributed by atoms with Gasteiger partial charge in [0.05, 0.1) is 6.54 Å². The molecule has 0 saturated carbocycles. The Morgan fingerprint density at radius 2 is 2.13 bits per heavy atom. The van der Waals surface area contributed by atoms with Gasteiger partial charge in [0, 0.05) is 6.42 Å². The molecule has 1 atom stereocenters. The summed E-state index contributed by atoms with van der Waals surface area (Å²) in [6, 6.07) is 0. The van der Waals surface area contributed by atoms with Crippen molar-refractivity contribution in [2.24, 2.45) is 0 Å². The Bertz CT molecular complexity index is 208. The van der Waals surface area contributed by atoms with Crippen LogP contribution in [0.1, 0.15) is 19.8 Å². The minimum Gasteiger partial charge on any atom is -0.428 e. The van der Waals surface area contributed by atoms with Crippen molar-refractivity contribution in [1.82, 2.24) is 5.32 Å². The molecular weight excluding hydrogens is 205 g/mol. The summed E-state index contributed by atoms with van der Waals surface area (Å²) in [7, 11) is 0. The van der Waals surface area contributed by atoms with Crippen LogP contribution in [0.25, 0.3) is 0 Å². The molecule has 0 bridgehead atoms. The van der Waals surface area contributed by atoms with Crippen molar-refractivity contribution in [3.05, 3.63) is 6.92 Å². The lowest BCUT2D eigenvalue weighted by Gasteiger charge is -2.07. The van der Waals surface area contributed by atoms with Crippen molar-refractivity contribution in [3.8, 4) is 0 Å². The van der Waals surface area contributed by atoms with E-state index in [2.05, 4.69) is 21.7 Å². The molecule has 0 fully saturated rings. The lowest BCUT2D eigenvalue weighted by molar-refractivity contribution is -0.151. The summed E-state index contributed by atoms with van der Waals surface area (Å²) >= 11 is 0. The summed E-state index contributed by atoms with van der Waals surface area (Å²) in [6.45, 7) is 4.15. The third-order valence-electron chi connectivity index (χ3n) is 1.33. The van der Waals surface area contributed by atoms with Crippen LogP contribution in [0, 0.1) is 6.92 Å². The number of carbonyl (C=O) groups is 2. The van der Waals surface area contributed by atoms with E-state index in [1.165, 1.54) is 0 Å². The molecule has 87 valence electrons. The summed E-state index contributed by atoms with van der Waals surface area (Å²) in [6.07, 6.45) is -1.29. The molecule has 0 aromatic carbocycles. The number of amides is 1. The summed E-state index contributed by atoms with van der Waals surface area (Å²) < 4.78 is 21.1. The largest absolute Gasteiger partial charge is 0.428 e. The molecule has 0 aliphatic rings. The molecule has 5 nitrogen and oxygen atoms in total. The van der Waals surface area contributed by atoms with E-state index in [-0.39, 0.29) is 13.0 Å². The molecule has 0 heterocycles. The van der Waals surface area contributed by atoms with Gasteiger partial charge in [-0.1, -0.05) is 6.92 Å². The Balaban J connectivity index is 3.42. The van der Waals surface area contributed by atoms with Gasteiger partial charge < -0.3 is 14.8 Å². The van der Waals surface area contributed by atoms with Gasteiger partial charge in [0.25, 0.3) is 0 Å². The molecule has 1 radical (unpaired) electrons. The van der Waals surface area contributed by atoms with Crippen molar-refractivity contribution in [1.29, 1.82) is 0 Å². The molecule has 0 aromatic rings. The van der Waals surface area contributed by atoms with Crippen molar-refractivity contribution < 1.29 is 23.5 Å². The molecule has 0 aromatic heterocycles. The van der Waals surface area contributed by atoms with E-state index >= 15 is 0 Å². The number of hydrogen-bond donors (Lipinski definition) is 1. The number of esters is 1. The molecule has 0 aliphatic carbocycles. The monoisotopic (exact) mass is 220 g/mol. The van der Waals surface area contributed by atoms with Gasteiger partial charge in [0.2, 0.25) is 6.79 Å². The van der Waals surface area contributed by atoms with Crippen molar-refractivity contribution in [3.63, 3.8) is 0 Å². The average Bonchev–Trinajstić information content (AvgIpc) is 2.15. The van der Waals surface area contributed by atoms with Gasteiger partial charge in [-0.2, -0.15) is 0 Å². The fourth-order valence-electron chi connectivity index (χ4n) is 0.670. The minimum absolute atomic E-state index is 0.234. The number of ether oxygens (including phenoxy) is 2. The summed E-state index contributed by atoms with van der Waals surface area (Å²) in [5.74, 6) is -0.439. The second kappa shape index (κ2) is 8.02. The molecule has 0 saturated heterocycles. The molecule has 0 aliphatic heterocycles. The van der Waals surface area contributed by atoms with Crippen LogP contribution >= 0.6 is 0 Å². The smallest absolute Gasteiger partial charge is 0.410 e. The van der Waals surface area contributed by atoms with Crippen LogP contribution in [0.15, 0.2) is 0 Å². The van der Waals surface area contributed by atoms with Crippen molar-refractivity contribution >= 4 is 12.1 Å². The summed E-state index contributed by atoms with van der Waals surface area (Å²) in [4.78, 5) is 21.6. The highest BCUT2D eigenvalue weighted by Crippen LogP contribution is 1.91. The third kappa shape index (κ3) is 8.99. The normalized spacial score (nSPS) is 11.7. The van der Waals surface area contributed by atoms with E-state index in [0.29, 0.717) is 6.42 Å². The first-order valence-corrected chi connectivity index (χ1v) is 4.59. The topological polar surface area (TPSA) is 64.6 Å². The third-order valence-corrected chi connectivity index (χ3v) is 1.33. The average molecular weight is 220 g/mol. The Labute approximate surface area is 87.9 Å². The highest BCUT2D eigenvalue weighted by molar-refractivity contribution is 5.70. The maximum absolute atomic E-state index is 12.1. The van der Waals surface area contributed by atoms with Gasteiger partial charge >= 0.3 is 12.1 Å². The molecule has 1 N–H and O–H groups in total. The van der Waals surface area contributed by atoms with Crippen LogP contribution in [-0.2, 0) is 14.3 Å². The van der Waals surface area contributed by atoms with Crippen molar-refractivity contribution in [2.45, 2.75) is 25.9 Å². The second-order valence-electron chi connectivity index (χ2n) is 2.79. The van der Waals surface area contributed by atoms with Crippen LogP contribution < -0.4 is 5.32 Å². The Hall–Kier alpha value is -1.33. The zero-order chi connectivity index (χ0) is 11.7. The molecule has 0 unspecified atom stereocenters. The maximum Gasteiger partial charge on any atom is 0.410 e. The zero-order valence-corrected chi connectivity index (χ0v) is 8.62. The quantitative estimate of drug-likeness (QED) is 0.539. The second-order valence-corrected chi connectivity index (χ2v) is 2.79. The first-order valence-electron chi connectivity index (χ1n) is 4.59. The maximum atomic E-state index is 12.1. The number of hydrogen-bond acceptors (Lipinski definition) is 4. The van der Waals surface area contributed by atoms with Crippen LogP contribution in [0.5, 0.6) is 0 Å². The molecule has 6 heteroatoms. The number of carbonyl (C=O) groups excluding carboxylic acids is 2. The minimum atomic E-state index is -1.39. The predicted octanol–water partition coefficient (Wildman–Crippen LogP) is 1.19. The highest BCUT2D eigenvalue weighted by atomic mass is 19.1. The van der Waals surface area contributed by atoms with Gasteiger partial charge in [0.15, 0.2) is 0 Å². The zero-order valence-electron chi connectivity index (χ0n) is 8.62. The first kappa shape index (κ1) is 13.7. The van der Waals surface area contributed by atoms with Gasteiger partial charge in [-0.05, 0) is 13.3 Å². The van der Waals surface area contributed by atoms with Crippen LogP contribution in [-0.4, -0.2) is 31.6 Å². The molecule has 15 heavy (non-hydrogen) atoms. The molecule has 0 rings (SSSR count). The SMILES string of the molecule is [CH2][C@@H](F)CNC(=O)OCOC(=O)CCC. The fourth-order valence-corrected chi connectivity index (χ4v) is 0.670.